The van der Waals surface area contributed by atoms with E-state index < -0.39 is 4.92 Å². The lowest BCUT2D eigenvalue weighted by Crippen LogP contribution is -2.00. The Morgan fingerprint density at radius 3 is 2.94 bits per heavy atom. The molecule has 5 nitrogen and oxygen atoms in total. The Morgan fingerprint density at radius 2 is 2.29 bits per heavy atom. The molecule has 0 heterocycles. The van der Waals surface area contributed by atoms with Crippen molar-refractivity contribution in [2.75, 3.05) is 5.43 Å². The van der Waals surface area contributed by atoms with Crippen molar-refractivity contribution >= 4 is 17.1 Å². The summed E-state index contributed by atoms with van der Waals surface area (Å²) < 4.78 is 0. The fraction of sp³-hybridized carbons (Fsp3) is 0.250. The van der Waals surface area contributed by atoms with Crippen LogP contribution in [0.15, 0.2) is 42.0 Å². The standard InChI is InChI=1S/C12H15N3O2/c1-3-4-7-10(2)13-14-11-8-5-6-9-12(11)15(16)17/h3,5-6,8-9,14H,1,4,7H2,2H3/b13-10-. The van der Waals surface area contributed by atoms with Crippen molar-refractivity contribution in [2.45, 2.75) is 19.8 Å². The topological polar surface area (TPSA) is 67.5 Å². The monoisotopic (exact) mass is 233 g/mol. The summed E-state index contributed by atoms with van der Waals surface area (Å²) in [5.74, 6) is 0. The molecule has 0 bridgehead atoms. The first kappa shape index (κ1) is 12.9. The van der Waals surface area contributed by atoms with Gasteiger partial charge in [-0.2, -0.15) is 5.10 Å². The predicted molar refractivity (Wildman–Crippen MR) is 69.3 cm³/mol. The lowest BCUT2D eigenvalue weighted by molar-refractivity contribution is -0.384. The van der Waals surface area contributed by atoms with Gasteiger partial charge in [-0.15, -0.1) is 6.58 Å². The molecule has 0 radical (unpaired) electrons. The number of nitro groups is 1. The number of hydrazone groups is 1. The van der Waals surface area contributed by atoms with E-state index in [1.54, 1.807) is 18.2 Å². The first-order valence-corrected chi connectivity index (χ1v) is 5.28. The minimum Gasteiger partial charge on any atom is -0.272 e. The van der Waals surface area contributed by atoms with Crippen LogP contribution in [0, 0.1) is 10.1 Å². The summed E-state index contributed by atoms with van der Waals surface area (Å²) in [4.78, 5) is 10.3. The molecule has 0 saturated heterocycles. The third kappa shape index (κ3) is 4.06. The summed E-state index contributed by atoms with van der Waals surface area (Å²) in [6.07, 6.45) is 3.44. The predicted octanol–water partition coefficient (Wildman–Crippen LogP) is 3.35. The zero-order chi connectivity index (χ0) is 12.7. The molecule has 0 aliphatic carbocycles. The normalized spacial score (nSPS) is 11.0. The average Bonchev–Trinajstić information content (AvgIpc) is 2.34. The highest BCUT2D eigenvalue weighted by Crippen LogP contribution is 2.22. The Hall–Kier alpha value is -2.17. The molecule has 1 N–H and O–H groups in total. The first-order chi connectivity index (χ1) is 8.15. The molecule has 0 atom stereocenters. The van der Waals surface area contributed by atoms with E-state index in [2.05, 4.69) is 17.1 Å². The minimum absolute atomic E-state index is 0.0211. The van der Waals surface area contributed by atoms with Gasteiger partial charge in [0.15, 0.2) is 0 Å². The quantitative estimate of drug-likeness (QED) is 0.354. The molecule has 0 aliphatic rings. The molecule has 0 aliphatic heterocycles. The number of rotatable bonds is 6. The highest BCUT2D eigenvalue weighted by atomic mass is 16.6. The molecule has 0 saturated carbocycles. The highest BCUT2D eigenvalue weighted by molar-refractivity contribution is 5.83. The highest BCUT2D eigenvalue weighted by Gasteiger charge is 2.11. The minimum atomic E-state index is -0.434. The van der Waals surface area contributed by atoms with Crippen LogP contribution in [0.3, 0.4) is 0 Å². The van der Waals surface area contributed by atoms with E-state index in [4.69, 9.17) is 0 Å². The number of nitrogens with zero attached hydrogens (tertiary/aromatic N) is 2. The molecule has 0 amide bonds. The molecular formula is C12H15N3O2. The van der Waals surface area contributed by atoms with Crippen molar-refractivity contribution in [3.8, 4) is 0 Å². The Balaban J connectivity index is 2.74. The molecule has 0 fully saturated rings. The SMILES string of the molecule is C=CCC/C(C)=N\Nc1ccccc1[N+](=O)[O-]. The maximum atomic E-state index is 10.7. The van der Waals surface area contributed by atoms with Crippen LogP contribution in [0.1, 0.15) is 19.8 Å². The maximum absolute atomic E-state index is 10.7. The Labute approximate surface area is 100.0 Å². The number of nitrogens with one attached hydrogen (secondary N) is 1. The van der Waals surface area contributed by atoms with Crippen molar-refractivity contribution in [1.82, 2.24) is 0 Å². The lowest BCUT2D eigenvalue weighted by Gasteiger charge is -2.03. The van der Waals surface area contributed by atoms with Crippen molar-refractivity contribution in [1.29, 1.82) is 0 Å². The van der Waals surface area contributed by atoms with Gasteiger partial charge in [-0.05, 0) is 25.8 Å². The molecular weight excluding hydrogens is 218 g/mol. The molecule has 5 heteroatoms. The van der Waals surface area contributed by atoms with Crippen LogP contribution in [-0.4, -0.2) is 10.6 Å². The Kier molecular flexibility index (Phi) is 4.87. The number of para-hydroxylation sites is 2. The molecule has 90 valence electrons. The molecule has 1 aromatic carbocycles. The second-order valence-corrected chi connectivity index (χ2v) is 3.56. The summed E-state index contributed by atoms with van der Waals surface area (Å²) in [5.41, 5.74) is 4.01. The number of hydrogen-bond acceptors (Lipinski definition) is 4. The van der Waals surface area contributed by atoms with Crippen molar-refractivity contribution in [2.24, 2.45) is 5.10 Å². The molecule has 17 heavy (non-hydrogen) atoms. The van der Waals surface area contributed by atoms with Gasteiger partial charge in [-0.25, -0.2) is 0 Å². The van der Waals surface area contributed by atoms with E-state index in [0.29, 0.717) is 5.69 Å². The van der Waals surface area contributed by atoms with E-state index in [0.717, 1.165) is 18.6 Å². The van der Waals surface area contributed by atoms with Gasteiger partial charge in [-0.3, -0.25) is 15.5 Å². The first-order valence-electron chi connectivity index (χ1n) is 5.28. The Bertz CT molecular complexity index is 441. The third-order valence-corrected chi connectivity index (χ3v) is 2.18. The van der Waals surface area contributed by atoms with Gasteiger partial charge in [0.25, 0.3) is 5.69 Å². The summed E-state index contributed by atoms with van der Waals surface area (Å²) in [6, 6.07) is 6.42. The Morgan fingerprint density at radius 1 is 1.59 bits per heavy atom. The van der Waals surface area contributed by atoms with Gasteiger partial charge in [0.2, 0.25) is 0 Å². The number of anilines is 1. The van der Waals surface area contributed by atoms with Crippen LogP contribution in [0.25, 0.3) is 0 Å². The fourth-order valence-corrected chi connectivity index (χ4v) is 1.25. The van der Waals surface area contributed by atoms with Crippen LogP contribution < -0.4 is 5.43 Å². The van der Waals surface area contributed by atoms with Crippen LogP contribution >= 0.6 is 0 Å². The molecule has 0 unspecified atom stereocenters. The van der Waals surface area contributed by atoms with Gasteiger partial charge >= 0.3 is 0 Å². The summed E-state index contributed by atoms with van der Waals surface area (Å²) in [6.45, 7) is 5.49. The van der Waals surface area contributed by atoms with Crippen LogP contribution in [-0.2, 0) is 0 Å². The molecule has 1 rings (SSSR count). The zero-order valence-corrected chi connectivity index (χ0v) is 9.72. The van der Waals surface area contributed by atoms with Crippen molar-refractivity contribution in [3.05, 3.63) is 47.0 Å². The van der Waals surface area contributed by atoms with E-state index in [9.17, 15) is 10.1 Å². The van der Waals surface area contributed by atoms with E-state index in [1.165, 1.54) is 6.07 Å². The van der Waals surface area contributed by atoms with Gasteiger partial charge in [0.1, 0.15) is 5.69 Å². The smallest absolute Gasteiger partial charge is 0.272 e. The fourth-order valence-electron chi connectivity index (χ4n) is 1.25. The number of benzene rings is 1. The maximum Gasteiger partial charge on any atom is 0.294 e. The summed E-state index contributed by atoms with van der Waals surface area (Å²) >= 11 is 0. The lowest BCUT2D eigenvalue weighted by atomic mass is 10.2. The van der Waals surface area contributed by atoms with Crippen molar-refractivity contribution in [3.63, 3.8) is 0 Å². The average molecular weight is 233 g/mol. The largest absolute Gasteiger partial charge is 0.294 e. The molecule has 1 aromatic rings. The number of allylic oxidation sites excluding steroid dienone is 1. The number of hydrogen-bond donors (Lipinski definition) is 1. The van der Waals surface area contributed by atoms with Gasteiger partial charge in [-0.1, -0.05) is 18.2 Å². The molecule has 0 spiro atoms. The molecule has 0 aromatic heterocycles. The van der Waals surface area contributed by atoms with E-state index >= 15 is 0 Å². The number of nitro benzene ring substituents is 1. The van der Waals surface area contributed by atoms with Crippen LogP contribution in [0.5, 0.6) is 0 Å². The van der Waals surface area contributed by atoms with Crippen LogP contribution in [0.2, 0.25) is 0 Å². The zero-order valence-electron chi connectivity index (χ0n) is 9.72. The second kappa shape index (κ2) is 6.42. The van der Waals surface area contributed by atoms with Crippen molar-refractivity contribution < 1.29 is 4.92 Å². The van der Waals surface area contributed by atoms with Gasteiger partial charge in [0.05, 0.1) is 4.92 Å². The second-order valence-electron chi connectivity index (χ2n) is 3.56. The van der Waals surface area contributed by atoms with Crippen LogP contribution in [0.4, 0.5) is 11.4 Å². The van der Waals surface area contributed by atoms with Gasteiger partial charge < -0.3 is 0 Å². The summed E-state index contributed by atoms with van der Waals surface area (Å²) in [7, 11) is 0. The third-order valence-electron chi connectivity index (χ3n) is 2.18. The van der Waals surface area contributed by atoms with E-state index in [-0.39, 0.29) is 5.69 Å². The summed E-state index contributed by atoms with van der Waals surface area (Å²) in [5, 5.41) is 14.8. The van der Waals surface area contributed by atoms with Gasteiger partial charge in [0, 0.05) is 11.8 Å². The van der Waals surface area contributed by atoms with E-state index in [1.807, 2.05) is 13.0 Å².